The van der Waals surface area contributed by atoms with Crippen LogP contribution in [0.4, 0.5) is 13.2 Å². The van der Waals surface area contributed by atoms with Gasteiger partial charge in [0.25, 0.3) is 0 Å². The molecule has 0 aliphatic heterocycles. The number of aromatic amines is 1. The van der Waals surface area contributed by atoms with Crippen molar-refractivity contribution in [3.8, 4) is 11.5 Å². The molecule has 2 aromatic rings. The van der Waals surface area contributed by atoms with Crippen LogP contribution in [0.25, 0.3) is 11.5 Å². The molecule has 2 rings (SSSR count). The molecule has 0 unspecified atom stereocenters. The number of nitrogens with one attached hydrogen (secondary N) is 1. The Kier molecular flexibility index (Phi) is 2.41. The van der Waals surface area contributed by atoms with E-state index in [2.05, 4.69) is 15.0 Å². The maximum atomic E-state index is 12.5. The zero-order valence-corrected chi connectivity index (χ0v) is 8.34. The Morgan fingerprint density at radius 1 is 1.25 bits per heavy atom. The van der Waals surface area contributed by atoms with Crippen molar-refractivity contribution in [3.05, 3.63) is 35.8 Å². The van der Waals surface area contributed by atoms with Gasteiger partial charge < -0.3 is 4.98 Å². The van der Waals surface area contributed by atoms with Crippen LogP contribution in [0.3, 0.4) is 0 Å². The molecular formula is C10H8F3N3. The molecule has 3 nitrogen and oxygen atoms in total. The van der Waals surface area contributed by atoms with Gasteiger partial charge in [0.1, 0.15) is 5.69 Å². The molecule has 2 aromatic heterocycles. The number of imidazole rings is 1. The van der Waals surface area contributed by atoms with Crippen LogP contribution in [0, 0.1) is 6.92 Å². The van der Waals surface area contributed by atoms with Gasteiger partial charge in [-0.15, -0.1) is 0 Å². The largest absolute Gasteiger partial charge is 0.435 e. The van der Waals surface area contributed by atoms with Crippen LogP contribution >= 0.6 is 0 Å². The molecule has 0 amide bonds. The lowest BCUT2D eigenvalue weighted by molar-refractivity contribution is -0.141. The highest BCUT2D eigenvalue weighted by molar-refractivity contribution is 5.50. The molecule has 0 saturated carbocycles. The van der Waals surface area contributed by atoms with E-state index in [-0.39, 0.29) is 11.5 Å². The van der Waals surface area contributed by atoms with Gasteiger partial charge in [-0.1, -0.05) is 6.07 Å². The molecule has 0 fully saturated rings. The second-order valence-corrected chi connectivity index (χ2v) is 3.27. The van der Waals surface area contributed by atoms with Gasteiger partial charge in [-0.05, 0) is 19.1 Å². The van der Waals surface area contributed by atoms with Gasteiger partial charge in [-0.2, -0.15) is 13.2 Å². The summed E-state index contributed by atoms with van der Waals surface area (Å²) in [5.74, 6) is 0.130. The Hall–Kier alpha value is -1.85. The quantitative estimate of drug-likeness (QED) is 0.813. The lowest BCUT2D eigenvalue weighted by atomic mass is 10.3. The van der Waals surface area contributed by atoms with Crippen molar-refractivity contribution in [2.45, 2.75) is 13.1 Å². The van der Waals surface area contributed by atoms with Crippen LogP contribution in [0.15, 0.2) is 24.4 Å². The predicted octanol–water partition coefficient (Wildman–Crippen LogP) is 2.80. The Morgan fingerprint density at radius 3 is 2.50 bits per heavy atom. The maximum absolute atomic E-state index is 12.5. The van der Waals surface area contributed by atoms with E-state index in [0.717, 1.165) is 0 Å². The van der Waals surface area contributed by atoms with Gasteiger partial charge in [-0.25, -0.2) is 4.98 Å². The minimum atomic E-state index is -4.44. The standard InChI is InChI=1S/C10H8F3N3/c1-6-8(10(11,12)13)16-9(15-6)7-4-2-3-5-14-7/h2-5H,1H3,(H,15,16). The molecule has 0 aliphatic rings. The number of rotatable bonds is 1. The Balaban J connectivity index is 2.47. The minimum Gasteiger partial charge on any atom is -0.340 e. The van der Waals surface area contributed by atoms with Crippen molar-refractivity contribution in [3.63, 3.8) is 0 Å². The highest BCUT2D eigenvalue weighted by Crippen LogP contribution is 2.31. The van der Waals surface area contributed by atoms with E-state index >= 15 is 0 Å². The third-order valence-corrected chi connectivity index (χ3v) is 2.06. The number of aryl methyl sites for hydroxylation is 1. The molecule has 1 N–H and O–H groups in total. The fourth-order valence-corrected chi connectivity index (χ4v) is 1.36. The Bertz CT molecular complexity index is 488. The van der Waals surface area contributed by atoms with Crippen molar-refractivity contribution in [2.75, 3.05) is 0 Å². The summed E-state index contributed by atoms with van der Waals surface area (Å²) in [4.78, 5) is 10.0. The topological polar surface area (TPSA) is 41.6 Å². The first-order valence-electron chi connectivity index (χ1n) is 4.53. The normalized spacial score (nSPS) is 11.8. The van der Waals surface area contributed by atoms with Crippen molar-refractivity contribution in [2.24, 2.45) is 0 Å². The smallest absolute Gasteiger partial charge is 0.340 e. The molecular weight excluding hydrogens is 219 g/mol. The number of hydrogen-bond donors (Lipinski definition) is 1. The van der Waals surface area contributed by atoms with Crippen molar-refractivity contribution in [1.29, 1.82) is 0 Å². The van der Waals surface area contributed by atoms with Crippen LogP contribution in [0.2, 0.25) is 0 Å². The minimum absolute atomic E-state index is 0.00634. The fraction of sp³-hybridized carbons (Fsp3) is 0.200. The lowest BCUT2D eigenvalue weighted by Crippen LogP contribution is -2.07. The lowest BCUT2D eigenvalue weighted by Gasteiger charge is -2.01. The van der Waals surface area contributed by atoms with E-state index in [1.165, 1.54) is 13.1 Å². The summed E-state index contributed by atoms with van der Waals surface area (Å²) in [7, 11) is 0. The molecule has 0 bridgehead atoms. The third-order valence-electron chi connectivity index (χ3n) is 2.06. The zero-order valence-electron chi connectivity index (χ0n) is 8.34. The molecule has 84 valence electrons. The van der Waals surface area contributed by atoms with Crippen molar-refractivity contribution >= 4 is 0 Å². The first kappa shape index (κ1) is 10.7. The number of alkyl halides is 3. The fourth-order valence-electron chi connectivity index (χ4n) is 1.36. The van der Waals surface area contributed by atoms with Crippen LogP contribution in [-0.4, -0.2) is 15.0 Å². The van der Waals surface area contributed by atoms with Crippen LogP contribution in [-0.2, 0) is 6.18 Å². The van der Waals surface area contributed by atoms with E-state index < -0.39 is 11.9 Å². The molecule has 0 atom stereocenters. The number of aromatic nitrogens is 3. The zero-order chi connectivity index (χ0) is 11.8. The SMILES string of the molecule is Cc1[nH]c(-c2ccccn2)nc1C(F)(F)F. The summed E-state index contributed by atoms with van der Waals surface area (Å²) in [6.07, 6.45) is -2.94. The van der Waals surface area contributed by atoms with Gasteiger partial charge >= 0.3 is 6.18 Å². The summed E-state index contributed by atoms with van der Waals surface area (Å²) in [5, 5.41) is 0. The summed E-state index contributed by atoms with van der Waals surface area (Å²) in [6, 6.07) is 4.97. The van der Waals surface area contributed by atoms with Gasteiger partial charge in [0.15, 0.2) is 11.5 Å². The second-order valence-electron chi connectivity index (χ2n) is 3.27. The highest BCUT2D eigenvalue weighted by Gasteiger charge is 2.36. The molecule has 0 radical (unpaired) electrons. The summed E-state index contributed by atoms with van der Waals surface area (Å²) in [5.41, 5.74) is -0.512. The molecule has 0 saturated heterocycles. The predicted molar refractivity (Wildman–Crippen MR) is 51.6 cm³/mol. The third kappa shape index (κ3) is 1.91. The second kappa shape index (κ2) is 3.62. The van der Waals surface area contributed by atoms with Gasteiger partial charge in [0.05, 0.1) is 0 Å². The van der Waals surface area contributed by atoms with Crippen LogP contribution < -0.4 is 0 Å². The number of H-pyrrole nitrogens is 1. The molecule has 6 heteroatoms. The van der Waals surface area contributed by atoms with E-state index in [1.54, 1.807) is 18.2 Å². The molecule has 0 aromatic carbocycles. The van der Waals surface area contributed by atoms with Crippen molar-refractivity contribution < 1.29 is 13.2 Å². The Labute approximate surface area is 89.4 Å². The summed E-state index contributed by atoms with van der Waals surface area (Å²) >= 11 is 0. The molecule has 0 spiro atoms. The monoisotopic (exact) mass is 227 g/mol. The summed E-state index contributed by atoms with van der Waals surface area (Å²) < 4.78 is 37.4. The Morgan fingerprint density at radius 2 is 2.00 bits per heavy atom. The molecule has 2 heterocycles. The first-order chi connectivity index (χ1) is 7.48. The number of pyridine rings is 1. The number of hydrogen-bond acceptors (Lipinski definition) is 2. The number of nitrogens with zero attached hydrogens (tertiary/aromatic N) is 2. The average Bonchev–Trinajstić information content (AvgIpc) is 2.61. The summed E-state index contributed by atoms with van der Waals surface area (Å²) in [6.45, 7) is 1.34. The van der Waals surface area contributed by atoms with Crippen LogP contribution in [0.5, 0.6) is 0 Å². The highest BCUT2D eigenvalue weighted by atomic mass is 19.4. The van der Waals surface area contributed by atoms with Gasteiger partial charge in [0.2, 0.25) is 0 Å². The van der Waals surface area contributed by atoms with Crippen LogP contribution in [0.1, 0.15) is 11.4 Å². The van der Waals surface area contributed by atoms with Crippen molar-refractivity contribution in [1.82, 2.24) is 15.0 Å². The van der Waals surface area contributed by atoms with E-state index in [9.17, 15) is 13.2 Å². The molecule has 16 heavy (non-hydrogen) atoms. The van der Waals surface area contributed by atoms with E-state index in [1.807, 2.05) is 0 Å². The van der Waals surface area contributed by atoms with Gasteiger partial charge in [0, 0.05) is 11.9 Å². The first-order valence-corrected chi connectivity index (χ1v) is 4.53. The van der Waals surface area contributed by atoms with E-state index in [4.69, 9.17) is 0 Å². The van der Waals surface area contributed by atoms with Gasteiger partial charge in [-0.3, -0.25) is 4.98 Å². The molecule has 0 aliphatic carbocycles. The average molecular weight is 227 g/mol. The number of halogens is 3. The maximum Gasteiger partial charge on any atom is 0.435 e. The van der Waals surface area contributed by atoms with E-state index in [0.29, 0.717) is 5.69 Å².